The third-order valence-corrected chi connectivity index (χ3v) is 6.99. The van der Waals surface area contributed by atoms with Crippen molar-refractivity contribution >= 4 is 55.5 Å². The number of hydrogen-bond acceptors (Lipinski definition) is 4. The molecule has 0 aliphatic rings. The maximum absolute atomic E-state index is 5.74. The molecule has 0 fully saturated rings. The average Bonchev–Trinajstić information content (AvgIpc) is 2.15. The Labute approximate surface area is 113 Å². The van der Waals surface area contributed by atoms with E-state index in [1.165, 1.54) is 16.7 Å². The Morgan fingerprint density at radius 1 is 1.40 bits per heavy atom. The van der Waals surface area contributed by atoms with Gasteiger partial charge in [-0.3, -0.25) is 5.14 Å². The molecule has 1 aromatic carbocycles. The predicted octanol–water partition coefficient (Wildman–Crippen LogP) is 3.21. The highest BCUT2D eigenvalue weighted by Crippen LogP contribution is 2.39. The Kier molecular flexibility index (Phi) is 5.14. The average molecular weight is 352 g/mol. The van der Waals surface area contributed by atoms with Crippen LogP contribution in [0.2, 0.25) is 0 Å². The summed E-state index contributed by atoms with van der Waals surface area (Å²) in [6, 6.07) is 7.95. The molecule has 0 aliphatic heterocycles. The van der Waals surface area contributed by atoms with Gasteiger partial charge in [0.2, 0.25) is 0 Å². The maximum atomic E-state index is 5.74. The van der Waals surface area contributed by atoms with Crippen molar-refractivity contribution in [2.45, 2.75) is 23.4 Å². The quantitative estimate of drug-likeness (QED) is 0.287. The van der Waals surface area contributed by atoms with Crippen LogP contribution in [-0.2, 0) is 0 Å². The summed E-state index contributed by atoms with van der Waals surface area (Å²) in [6.45, 7) is 4.38. The van der Waals surface area contributed by atoms with Gasteiger partial charge in [0.05, 0.1) is 0 Å². The third-order valence-electron chi connectivity index (χ3n) is 1.91. The minimum atomic E-state index is 0.0910. The van der Waals surface area contributed by atoms with Gasteiger partial charge in [-0.25, -0.2) is 0 Å². The van der Waals surface area contributed by atoms with E-state index in [-0.39, 0.29) is 4.65 Å². The highest BCUT2D eigenvalue weighted by molar-refractivity contribution is 14.1. The molecule has 0 saturated heterocycles. The molecule has 4 N–H and O–H groups in total. The molecule has 1 rings (SSSR count). The van der Waals surface area contributed by atoms with Crippen molar-refractivity contribution in [3.05, 3.63) is 24.3 Å². The van der Waals surface area contributed by atoms with E-state index in [1.54, 1.807) is 11.8 Å². The summed E-state index contributed by atoms with van der Waals surface area (Å²) in [5.74, 6) is 0. The van der Waals surface area contributed by atoms with Crippen LogP contribution in [0.4, 0.5) is 5.69 Å². The van der Waals surface area contributed by atoms with E-state index >= 15 is 0 Å². The second kappa shape index (κ2) is 5.70. The topological polar surface area (TPSA) is 52.0 Å². The summed E-state index contributed by atoms with van der Waals surface area (Å²) in [5.41, 5.74) is 6.55. The number of rotatable bonds is 4. The number of nitrogens with two attached hydrogens (primary N) is 2. The fourth-order valence-corrected chi connectivity index (χ4v) is 3.15. The van der Waals surface area contributed by atoms with Crippen LogP contribution in [0.1, 0.15) is 13.8 Å². The normalized spacial score (nSPS) is 11.5. The van der Waals surface area contributed by atoms with Gasteiger partial charge in [-0.15, -0.1) is 45.9 Å². The first-order chi connectivity index (χ1) is 6.95. The van der Waals surface area contributed by atoms with Crippen molar-refractivity contribution in [3.8, 4) is 0 Å². The molecule has 6 heteroatoms. The summed E-state index contributed by atoms with van der Waals surface area (Å²) in [7, 11) is 0. The van der Waals surface area contributed by atoms with Crippen molar-refractivity contribution in [2.75, 3.05) is 5.73 Å². The zero-order chi connectivity index (χ0) is 11.5. The highest BCUT2D eigenvalue weighted by atomic mass is 127. The molecule has 0 unspecified atom stereocenters. The van der Waals surface area contributed by atoms with Gasteiger partial charge in [-0.1, -0.05) is 19.9 Å². The fraction of sp³-hybridized carbons (Fsp3) is 0.333. The predicted molar refractivity (Wildman–Crippen MR) is 82.3 cm³/mol. The Bertz CT molecular complexity index is 336. The maximum Gasteiger partial charge on any atom is 0.316 e. The number of benzene rings is 1. The summed E-state index contributed by atoms with van der Waals surface area (Å²) in [6.07, 6.45) is 0. The van der Waals surface area contributed by atoms with Crippen LogP contribution in [0.3, 0.4) is 0 Å². The molecular formula is C9H14BIN2S2. The van der Waals surface area contributed by atoms with E-state index in [0.717, 1.165) is 5.69 Å². The number of halogens is 1. The summed E-state index contributed by atoms with van der Waals surface area (Å²) < 4.78 is 0.454. The molecule has 0 heterocycles. The van der Waals surface area contributed by atoms with Gasteiger partial charge < -0.3 is 5.73 Å². The van der Waals surface area contributed by atoms with Crippen molar-refractivity contribution in [1.82, 2.24) is 0 Å². The van der Waals surface area contributed by atoms with Crippen molar-refractivity contribution < 1.29 is 0 Å². The zero-order valence-corrected chi connectivity index (χ0v) is 12.5. The first-order valence-corrected chi connectivity index (χ1v) is 7.50. The molecule has 0 atom stereocenters. The van der Waals surface area contributed by atoms with E-state index in [2.05, 4.69) is 42.3 Å². The van der Waals surface area contributed by atoms with Crippen LogP contribution in [0, 0.1) is 0 Å². The standard InChI is InChI=1S/C9H14BIN2S2/c1-9(2,10(11)15-13)14-8-5-3-4-7(12)6-8/h3-6H,12-13H2,1-2H3. The number of hydrogen-bond donors (Lipinski definition) is 2. The minimum Gasteiger partial charge on any atom is -0.399 e. The van der Waals surface area contributed by atoms with Crippen LogP contribution in [0.25, 0.3) is 0 Å². The molecule has 0 saturated carbocycles. The molecular weight excluding hydrogens is 338 g/mol. The second-order valence-electron chi connectivity index (χ2n) is 3.73. The van der Waals surface area contributed by atoms with Gasteiger partial charge in [-0.2, -0.15) is 0 Å². The van der Waals surface area contributed by atoms with Crippen LogP contribution in [0.15, 0.2) is 29.2 Å². The van der Waals surface area contributed by atoms with E-state index < -0.39 is 0 Å². The van der Waals surface area contributed by atoms with Crippen LogP contribution in [0.5, 0.6) is 0 Å². The Hall–Kier alpha value is 0.475. The summed E-state index contributed by atoms with van der Waals surface area (Å²) in [4.78, 5) is 1.19. The third kappa shape index (κ3) is 4.09. The first-order valence-electron chi connectivity index (χ1n) is 4.50. The Balaban J connectivity index is 2.77. The number of anilines is 1. The summed E-state index contributed by atoms with van der Waals surface area (Å²) >= 11 is 5.56. The molecule has 0 bridgehead atoms. The lowest BCUT2D eigenvalue weighted by Gasteiger charge is -2.25. The monoisotopic (exact) mass is 352 g/mol. The van der Waals surface area contributed by atoms with Crippen LogP contribution in [-0.4, -0.2) is 8.49 Å². The van der Waals surface area contributed by atoms with Gasteiger partial charge >= 0.3 is 3.85 Å². The van der Waals surface area contributed by atoms with Gasteiger partial charge in [-0.05, 0) is 18.2 Å². The Morgan fingerprint density at radius 2 is 2.07 bits per heavy atom. The first kappa shape index (κ1) is 13.5. The van der Waals surface area contributed by atoms with E-state index in [0.29, 0.717) is 3.85 Å². The van der Waals surface area contributed by atoms with Crippen molar-refractivity contribution in [1.29, 1.82) is 0 Å². The fourth-order valence-electron chi connectivity index (χ4n) is 1.09. The smallest absolute Gasteiger partial charge is 0.316 e. The molecule has 2 nitrogen and oxygen atoms in total. The van der Waals surface area contributed by atoms with Crippen LogP contribution >= 0.6 is 45.9 Å². The lowest BCUT2D eigenvalue weighted by molar-refractivity contribution is 1.00. The largest absolute Gasteiger partial charge is 0.399 e. The molecule has 0 spiro atoms. The second-order valence-corrected chi connectivity index (χ2v) is 8.29. The van der Waals surface area contributed by atoms with E-state index in [9.17, 15) is 0 Å². The van der Waals surface area contributed by atoms with Gasteiger partial charge in [0, 0.05) is 15.2 Å². The van der Waals surface area contributed by atoms with Crippen molar-refractivity contribution in [2.24, 2.45) is 5.14 Å². The van der Waals surface area contributed by atoms with Crippen molar-refractivity contribution in [3.63, 3.8) is 0 Å². The molecule has 82 valence electrons. The van der Waals surface area contributed by atoms with Gasteiger partial charge in [0.25, 0.3) is 0 Å². The molecule has 0 amide bonds. The SMILES string of the molecule is CC(C)(Sc1cccc(N)c1)B(I)SN. The molecule has 1 aromatic rings. The van der Waals surface area contributed by atoms with Crippen LogP contribution < -0.4 is 10.9 Å². The Morgan fingerprint density at radius 3 is 2.60 bits per heavy atom. The van der Waals surface area contributed by atoms with Gasteiger partial charge in [0.1, 0.15) is 0 Å². The zero-order valence-electron chi connectivity index (χ0n) is 8.74. The number of thioether (sulfide) groups is 1. The molecule has 0 aliphatic carbocycles. The molecule has 0 aromatic heterocycles. The lowest BCUT2D eigenvalue weighted by Crippen LogP contribution is -2.30. The van der Waals surface area contributed by atoms with Gasteiger partial charge in [0.15, 0.2) is 0 Å². The summed E-state index contributed by atoms with van der Waals surface area (Å²) in [5, 5.41) is 5.61. The highest BCUT2D eigenvalue weighted by Gasteiger charge is 2.32. The van der Waals surface area contributed by atoms with E-state index in [1.807, 2.05) is 18.2 Å². The molecule has 0 radical (unpaired) electrons. The molecule has 15 heavy (non-hydrogen) atoms. The number of nitrogen functional groups attached to an aromatic ring is 1. The minimum absolute atomic E-state index is 0.0910. The van der Waals surface area contributed by atoms with E-state index in [4.69, 9.17) is 10.9 Å². The lowest BCUT2D eigenvalue weighted by atomic mass is 9.88.